The number of hydrogen-bond acceptors (Lipinski definition) is 1. The lowest BCUT2D eigenvalue weighted by Gasteiger charge is -2.31. The molecule has 0 saturated heterocycles. The zero-order chi connectivity index (χ0) is 14.4. The van der Waals surface area contributed by atoms with E-state index in [1.54, 1.807) is 0 Å². The van der Waals surface area contributed by atoms with Crippen LogP contribution >= 0.6 is 0 Å². The summed E-state index contributed by atoms with van der Waals surface area (Å²) in [6.07, 6.45) is 0.250. The minimum atomic E-state index is 0.0300. The Hall–Kier alpha value is -2.06. The molecular formula is C19H19NO. The zero-order valence-electron chi connectivity index (χ0n) is 12.4. The van der Waals surface area contributed by atoms with Gasteiger partial charge in [-0.3, -0.25) is 0 Å². The number of fused-ring (bicyclic) bond motifs is 3. The summed E-state index contributed by atoms with van der Waals surface area (Å²) in [7, 11) is 0. The molecule has 2 heterocycles. The highest BCUT2D eigenvalue weighted by Gasteiger charge is 2.30. The lowest BCUT2D eigenvalue weighted by atomic mass is 10.0. The van der Waals surface area contributed by atoms with Gasteiger partial charge in [-0.2, -0.15) is 0 Å². The van der Waals surface area contributed by atoms with Gasteiger partial charge in [0.2, 0.25) is 0 Å². The SMILES string of the molecule is Cc1c2n(c3ccccc13)C[C@@H](C)O[C@@H]2c1ccccc1. The van der Waals surface area contributed by atoms with Gasteiger partial charge in [-0.25, -0.2) is 0 Å². The van der Waals surface area contributed by atoms with Crippen molar-refractivity contribution < 1.29 is 4.74 Å². The second kappa shape index (κ2) is 4.74. The Kier molecular flexibility index (Phi) is 2.86. The van der Waals surface area contributed by atoms with Crippen molar-refractivity contribution in [3.63, 3.8) is 0 Å². The highest BCUT2D eigenvalue weighted by atomic mass is 16.5. The summed E-state index contributed by atoms with van der Waals surface area (Å²) in [5, 5.41) is 1.34. The molecule has 3 aromatic rings. The summed E-state index contributed by atoms with van der Waals surface area (Å²) in [6.45, 7) is 5.29. The Morgan fingerprint density at radius 2 is 1.71 bits per heavy atom. The number of ether oxygens (including phenoxy) is 1. The molecule has 106 valence electrons. The topological polar surface area (TPSA) is 14.2 Å². The smallest absolute Gasteiger partial charge is 0.123 e. The second-order valence-corrected chi connectivity index (χ2v) is 5.88. The van der Waals surface area contributed by atoms with E-state index in [1.165, 1.54) is 27.7 Å². The number of para-hydroxylation sites is 1. The molecule has 2 nitrogen and oxygen atoms in total. The third-order valence-corrected chi connectivity index (χ3v) is 4.43. The van der Waals surface area contributed by atoms with E-state index in [0.717, 1.165) is 6.54 Å². The summed E-state index contributed by atoms with van der Waals surface area (Å²) in [5.41, 5.74) is 5.20. The first-order chi connectivity index (χ1) is 10.3. The number of nitrogens with zero attached hydrogens (tertiary/aromatic N) is 1. The molecule has 0 fully saturated rings. The van der Waals surface area contributed by atoms with Gasteiger partial charge < -0.3 is 9.30 Å². The molecule has 2 atom stereocenters. The van der Waals surface area contributed by atoms with Crippen molar-refractivity contribution in [1.82, 2.24) is 4.57 Å². The van der Waals surface area contributed by atoms with Crippen molar-refractivity contribution in [2.24, 2.45) is 0 Å². The van der Waals surface area contributed by atoms with Crippen LogP contribution in [0.15, 0.2) is 54.6 Å². The molecule has 2 aromatic carbocycles. The summed E-state index contributed by atoms with van der Waals surface area (Å²) in [6, 6.07) is 19.2. The van der Waals surface area contributed by atoms with E-state index in [1.807, 2.05) is 0 Å². The van der Waals surface area contributed by atoms with Gasteiger partial charge in [0.05, 0.1) is 11.8 Å². The van der Waals surface area contributed by atoms with Crippen LogP contribution in [0, 0.1) is 6.92 Å². The fourth-order valence-corrected chi connectivity index (χ4v) is 3.49. The average Bonchev–Trinajstić information content (AvgIpc) is 2.81. The van der Waals surface area contributed by atoms with Gasteiger partial charge in [0.1, 0.15) is 6.10 Å². The first-order valence-electron chi connectivity index (χ1n) is 7.54. The van der Waals surface area contributed by atoms with Gasteiger partial charge in [0.15, 0.2) is 0 Å². The van der Waals surface area contributed by atoms with Crippen molar-refractivity contribution in [2.75, 3.05) is 0 Å². The fourth-order valence-electron chi connectivity index (χ4n) is 3.49. The van der Waals surface area contributed by atoms with Crippen LogP contribution in [0.2, 0.25) is 0 Å². The van der Waals surface area contributed by atoms with Crippen molar-refractivity contribution in [1.29, 1.82) is 0 Å². The van der Waals surface area contributed by atoms with Gasteiger partial charge in [-0.1, -0.05) is 48.5 Å². The van der Waals surface area contributed by atoms with Gasteiger partial charge in [0, 0.05) is 17.4 Å². The molecule has 1 aromatic heterocycles. The van der Waals surface area contributed by atoms with E-state index in [9.17, 15) is 0 Å². The Morgan fingerprint density at radius 1 is 1.00 bits per heavy atom. The molecule has 1 aliphatic heterocycles. The number of hydrogen-bond donors (Lipinski definition) is 0. The van der Waals surface area contributed by atoms with E-state index in [-0.39, 0.29) is 12.2 Å². The predicted molar refractivity (Wildman–Crippen MR) is 85.5 cm³/mol. The Balaban J connectivity index is 1.99. The molecule has 0 amide bonds. The monoisotopic (exact) mass is 277 g/mol. The summed E-state index contributed by atoms with van der Waals surface area (Å²) >= 11 is 0. The Morgan fingerprint density at radius 3 is 2.52 bits per heavy atom. The largest absolute Gasteiger partial charge is 0.362 e. The van der Waals surface area contributed by atoms with Crippen LogP contribution in [-0.2, 0) is 11.3 Å². The first kappa shape index (κ1) is 12.7. The molecule has 21 heavy (non-hydrogen) atoms. The second-order valence-electron chi connectivity index (χ2n) is 5.88. The molecular weight excluding hydrogens is 258 g/mol. The van der Waals surface area contributed by atoms with Crippen LogP contribution in [0.25, 0.3) is 10.9 Å². The molecule has 2 heteroatoms. The Labute approximate surface area is 125 Å². The van der Waals surface area contributed by atoms with Crippen LogP contribution in [0.4, 0.5) is 0 Å². The highest BCUT2D eigenvalue weighted by Crippen LogP contribution is 2.38. The number of aryl methyl sites for hydroxylation is 1. The van der Waals surface area contributed by atoms with E-state index < -0.39 is 0 Å². The Bertz CT molecular complexity index is 788. The molecule has 1 aliphatic rings. The highest BCUT2D eigenvalue weighted by molar-refractivity contribution is 5.85. The van der Waals surface area contributed by atoms with Crippen molar-refractivity contribution in [3.8, 4) is 0 Å². The van der Waals surface area contributed by atoms with Crippen LogP contribution in [0.1, 0.15) is 29.8 Å². The number of benzene rings is 2. The molecule has 0 radical (unpaired) electrons. The summed E-state index contributed by atoms with van der Waals surface area (Å²) < 4.78 is 8.73. The molecule has 0 N–H and O–H groups in total. The molecule has 0 bridgehead atoms. The number of rotatable bonds is 1. The minimum Gasteiger partial charge on any atom is -0.362 e. The zero-order valence-corrected chi connectivity index (χ0v) is 12.4. The lowest BCUT2D eigenvalue weighted by Crippen LogP contribution is -2.29. The van der Waals surface area contributed by atoms with Crippen LogP contribution < -0.4 is 0 Å². The maximum absolute atomic E-state index is 6.29. The van der Waals surface area contributed by atoms with Crippen LogP contribution in [0.5, 0.6) is 0 Å². The van der Waals surface area contributed by atoms with Gasteiger partial charge >= 0.3 is 0 Å². The van der Waals surface area contributed by atoms with Crippen molar-refractivity contribution in [2.45, 2.75) is 32.6 Å². The summed E-state index contributed by atoms with van der Waals surface area (Å²) in [5.74, 6) is 0. The normalized spacial score (nSPS) is 21.4. The third kappa shape index (κ3) is 1.90. The first-order valence-corrected chi connectivity index (χ1v) is 7.54. The lowest BCUT2D eigenvalue weighted by molar-refractivity contribution is -0.0146. The predicted octanol–water partition coefficient (Wildman–Crippen LogP) is 4.46. The van der Waals surface area contributed by atoms with E-state index in [4.69, 9.17) is 4.74 Å². The van der Waals surface area contributed by atoms with Gasteiger partial charge in [-0.05, 0) is 31.0 Å². The van der Waals surface area contributed by atoms with Crippen molar-refractivity contribution in [3.05, 3.63) is 71.4 Å². The minimum absolute atomic E-state index is 0.0300. The average molecular weight is 277 g/mol. The quantitative estimate of drug-likeness (QED) is 0.640. The standard InChI is InChI=1S/C19H19NO/c1-13-12-20-17-11-7-6-10-16(17)14(2)18(20)19(21-13)15-8-4-3-5-9-15/h3-11,13,19H,12H2,1-2H3/t13-,19-/m1/s1. The maximum atomic E-state index is 6.29. The molecule has 0 aliphatic carbocycles. The summed E-state index contributed by atoms with van der Waals surface area (Å²) in [4.78, 5) is 0. The maximum Gasteiger partial charge on any atom is 0.123 e. The molecule has 4 rings (SSSR count). The van der Waals surface area contributed by atoms with Gasteiger partial charge in [-0.15, -0.1) is 0 Å². The number of aromatic nitrogens is 1. The molecule has 0 spiro atoms. The van der Waals surface area contributed by atoms with Gasteiger partial charge in [0.25, 0.3) is 0 Å². The van der Waals surface area contributed by atoms with Crippen LogP contribution in [-0.4, -0.2) is 10.7 Å². The van der Waals surface area contributed by atoms with E-state index in [2.05, 4.69) is 73.0 Å². The molecule has 0 saturated carbocycles. The van der Waals surface area contributed by atoms with Crippen molar-refractivity contribution >= 4 is 10.9 Å². The molecule has 0 unspecified atom stereocenters. The van der Waals surface area contributed by atoms with Crippen LogP contribution in [0.3, 0.4) is 0 Å². The fraction of sp³-hybridized carbons (Fsp3) is 0.263. The van der Waals surface area contributed by atoms with E-state index >= 15 is 0 Å². The third-order valence-electron chi connectivity index (χ3n) is 4.43. The van der Waals surface area contributed by atoms with E-state index in [0.29, 0.717) is 0 Å².